The topological polar surface area (TPSA) is 84.2 Å². The Morgan fingerprint density at radius 1 is 1.43 bits per heavy atom. The monoisotopic (exact) mass is 401 g/mol. The predicted molar refractivity (Wildman–Crippen MR) is 104 cm³/mol. The highest BCUT2D eigenvalue weighted by atomic mass is 32.1. The van der Waals surface area contributed by atoms with E-state index in [4.69, 9.17) is 4.52 Å². The van der Waals surface area contributed by atoms with Gasteiger partial charge in [-0.25, -0.2) is 9.37 Å². The molecule has 2 aromatic heterocycles. The number of hydrogen-bond acceptors (Lipinski definition) is 7. The van der Waals surface area contributed by atoms with Crippen molar-refractivity contribution < 1.29 is 13.7 Å². The summed E-state index contributed by atoms with van der Waals surface area (Å²) in [6, 6.07) is 6.12. The van der Waals surface area contributed by atoms with Crippen molar-refractivity contribution in [1.29, 1.82) is 0 Å². The summed E-state index contributed by atoms with van der Waals surface area (Å²) < 4.78 is 18.8. The zero-order chi connectivity index (χ0) is 19.5. The fourth-order valence-electron chi connectivity index (χ4n) is 3.32. The number of anilines is 1. The molecule has 0 saturated carbocycles. The molecule has 9 heteroatoms. The maximum Gasteiger partial charge on any atom is 0.240 e. The number of piperidine rings is 1. The van der Waals surface area contributed by atoms with Gasteiger partial charge in [-0.2, -0.15) is 4.98 Å². The number of aryl methyl sites for hydroxylation is 1. The minimum Gasteiger partial charge on any atom is -0.339 e. The molecule has 0 spiro atoms. The molecule has 1 unspecified atom stereocenters. The third kappa shape index (κ3) is 4.42. The number of carbonyl (C=O) groups excluding carboxylic acids is 1. The van der Waals surface area contributed by atoms with E-state index < -0.39 is 0 Å². The summed E-state index contributed by atoms with van der Waals surface area (Å²) in [7, 11) is 0. The van der Waals surface area contributed by atoms with Crippen LogP contribution in [0.3, 0.4) is 0 Å². The van der Waals surface area contributed by atoms with Crippen LogP contribution in [0, 0.1) is 12.7 Å². The summed E-state index contributed by atoms with van der Waals surface area (Å²) in [6.07, 6.45) is 1.85. The van der Waals surface area contributed by atoms with E-state index >= 15 is 0 Å². The minimum atomic E-state index is -0.339. The van der Waals surface area contributed by atoms with Crippen LogP contribution < -0.4 is 5.32 Å². The molecule has 1 fully saturated rings. The van der Waals surface area contributed by atoms with E-state index in [0.29, 0.717) is 35.5 Å². The average molecular weight is 401 g/mol. The smallest absolute Gasteiger partial charge is 0.240 e. The van der Waals surface area contributed by atoms with Crippen LogP contribution in [0.4, 0.5) is 9.52 Å². The largest absolute Gasteiger partial charge is 0.339 e. The second-order valence-electron chi connectivity index (χ2n) is 6.88. The van der Waals surface area contributed by atoms with Crippen LogP contribution in [0.15, 0.2) is 34.2 Å². The molecule has 3 heterocycles. The highest BCUT2D eigenvalue weighted by Gasteiger charge is 2.27. The molecule has 1 atom stereocenters. The fraction of sp³-hybridized carbons (Fsp3) is 0.368. The van der Waals surface area contributed by atoms with Crippen molar-refractivity contribution in [2.45, 2.75) is 25.7 Å². The van der Waals surface area contributed by atoms with Gasteiger partial charge < -0.3 is 9.84 Å². The molecule has 0 radical (unpaired) electrons. The van der Waals surface area contributed by atoms with Gasteiger partial charge in [-0.1, -0.05) is 17.3 Å². The number of hydrogen-bond donors (Lipinski definition) is 1. The first-order valence-corrected chi connectivity index (χ1v) is 9.98. The molecule has 1 N–H and O–H groups in total. The molecular formula is C19H20FN5O2S. The average Bonchev–Trinajstić information content (AvgIpc) is 3.31. The molecule has 1 aliphatic heterocycles. The minimum absolute atomic E-state index is 0.0541. The number of carbonyl (C=O) groups is 1. The number of benzene rings is 1. The number of thiazole rings is 1. The van der Waals surface area contributed by atoms with Crippen molar-refractivity contribution in [2.24, 2.45) is 0 Å². The predicted octanol–water partition coefficient (Wildman–Crippen LogP) is 3.46. The van der Waals surface area contributed by atoms with Gasteiger partial charge in [0, 0.05) is 17.5 Å². The van der Waals surface area contributed by atoms with Gasteiger partial charge in [0.15, 0.2) is 5.13 Å². The number of halogens is 1. The van der Waals surface area contributed by atoms with Crippen molar-refractivity contribution in [2.75, 3.05) is 25.0 Å². The van der Waals surface area contributed by atoms with Crippen LogP contribution in [-0.4, -0.2) is 45.6 Å². The number of rotatable bonds is 5. The lowest BCUT2D eigenvalue weighted by atomic mass is 9.98. The Bertz CT molecular complexity index is 973. The van der Waals surface area contributed by atoms with E-state index in [1.807, 2.05) is 12.3 Å². The van der Waals surface area contributed by atoms with Crippen LogP contribution >= 0.6 is 11.3 Å². The highest BCUT2D eigenvalue weighted by molar-refractivity contribution is 7.13. The van der Waals surface area contributed by atoms with Crippen LogP contribution in [0.5, 0.6) is 0 Å². The molecule has 7 nitrogen and oxygen atoms in total. The van der Waals surface area contributed by atoms with Crippen molar-refractivity contribution in [3.05, 3.63) is 47.0 Å². The second kappa shape index (κ2) is 8.15. The Kier molecular flexibility index (Phi) is 5.45. The molecule has 1 aromatic carbocycles. The van der Waals surface area contributed by atoms with Crippen LogP contribution in [0.1, 0.15) is 30.3 Å². The third-order valence-corrected chi connectivity index (χ3v) is 5.49. The highest BCUT2D eigenvalue weighted by Crippen LogP contribution is 2.27. The Labute approximate surface area is 165 Å². The van der Waals surface area contributed by atoms with Crippen molar-refractivity contribution in [3.8, 4) is 11.4 Å². The summed E-state index contributed by atoms with van der Waals surface area (Å²) in [5.74, 6) is 0.539. The molecule has 28 heavy (non-hydrogen) atoms. The number of nitrogens with zero attached hydrogens (tertiary/aromatic N) is 4. The summed E-state index contributed by atoms with van der Waals surface area (Å²) in [4.78, 5) is 23.1. The van der Waals surface area contributed by atoms with Gasteiger partial charge in [0.1, 0.15) is 5.82 Å². The van der Waals surface area contributed by atoms with Crippen LogP contribution in [0.2, 0.25) is 0 Å². The molecule has 0 bridgehead atoms. The first-order chi connectivity index (χ1) is 13.6. The Hall–Kier alpha value is -2.65. The molecule has 0 aliphatic carbocycles. The molecule has 1 saturated heterocycles. The van der Waals surface area contributed by atoms with E-state index in [2.05, 4.69) is 25.3 Å². The lowest BCUT2D eigenvalue weighted by molar-refractivity contribution is -0.117. The van der Waals surface area contributed by atoms with Crippen molar-refractivity contribution in [1.82, 2.24) is 20.0 Å². The summed E-state index contributed by atoms with van der Waals surface area (Å²) in [5.41, 5.74) is 1.48. The first-order valence-electron chi connectivity index (χ1n) is 9.11. The Morgan fingerprint density at radius 3 is 3.11 bits per heavy atom. The number of likely N-dealkylation sites (tertiary alicyclic amines) is 1. The first kappa shape index (κ1) is 18.7. The van der Waals surface area contributed by atoms with Gasteiger partial charge >= 0.3 is 0 Å². The summed E-state index contributed by atoms with van der Waals surface area (Å²) in [5, 5.41) is 9.34. The molecule has 146 valence electrons. The number of amides is 1. The maximum absolute atomic E-state index is 13.4. The van der Waals surface area contributed by atoms with Gasteiger partial charge in [-0.15, -0.1) is 11.3 Å². The van der Waals surface area contributed by atoms with E-state index in [0.717, 1.165) is 25.1 Å². The summed E-state index contributed by atoms with van der Waals surface area (Å²) >= 11 is 1.42. The Morgan fingerprint density at radius 2 is 2.32 bits per heavy atom. The fourth-order valence-corrected chi connectivity index (χ4v) is 4.02. The molecule has 1 amide bonds. The third-order valence-electron chi connectivity index (χ3n) is 4.61. The van der Waals surface area contributed by atoms with Crippen molar-refractivity contribution in [3.63, 3.8) is 0 Å². The van der Waals surface area contributed by atoms with E-state index in [1.54, 1.807) is 12.1 Å². The van der Waals surface area contributed by atoms with Crippen LogP contribution in [-0.2, 0) is 4.79 Å². The number of aromatic nitrogens is 3. The SMILES string of the molecule is Cc1csc(NC(=O)CN2CCCC(c3nc(-c4cccc(F)c4)no3)C2)n1. The van der Waals surface area contributed by atoms with E-state index in [-0.39, 0.29) is 17.6 Å². The molecule has 4 rings (SSSR count). The zero-order valence-corrected chi connectivity index (χ0v) is 16.2. The lowest BCUT2D eigenvalue weighted by Gasteiger charge is -2.30. The number of nitrogens with one attached hydrogen (secondary N) is 1. The van der Waals surface area contributed by atoms with Gasteiger partial charge in [0.05, 0.1) is 18.2 Å². The standard InChI is InChI=1S/C19H20FN5O2S/c1-12-11-28-19(21-12)22-16(26)10-25-7-3-5-14(9-25)18-23-17(24-27-18)13-4-2-6-15(20)8-13/h2,4,6,8,11,14H,3,5,7,9-10H2,1H3,(H,21,22,26). The van der Waals surface area contributed by atoms with Gasteiger partial charge in [-0.05, 0) is 38.4 Å². The van der Waals surface area contributed by atoms with Gasteiger partial charge in [0.2, 0.25) is 17.6 Å². The lowest BCUT2D eigenvalue weighted by Crippen LogP contribution is -2.39. The molecule has 3 aromatic rings. The molecule has 1 aliphatic rings. The summed E-state index contributed by atoms with van der Waals surface area (Å²) in [6.45, 7) is 3.69. The van der Waals surface area contributed by atoms with E-state index in [1.165, 1.54) is 23.5 Å². The zero-order valence-electron chi connectivity index (χ0n) is 15.4. The van der Waals surface area contributed by atoms with Gasteiger partial charge in [0.25, 0.3) is 0 Å². The maximum atomic E-state index is 13.4. The van der Waals surface area contributed by atoms with Gasteiger partial charge in [-0.3, -0.25) is 9.69 Å². The van der Waals surface area contributed by atoms with E-state index in [9.17, 15) is 9.18 Å². The Balaban J connectivity index is 1.38. The molecular weight excluding hydrogens is 381 g/mol. The van der Waals surface area contributed by atoms with Crippen LogP contribution in [0.25, 0.3) is 11.4 Å². The quantitative estimate of drug-likeness (QED) is 0.705. The normalized spacial score (nSPS) is 17.6. The second-order valence-corrected chi connectivity index (χ2v) is 7.74. The van der Waals surface area contributed by atoms with Crippen molar-refractivity contribution >= 4 is 22.4 Å².